The first-order chi connectivity index (χ1) is 9.11. The predicted octanol–water partition coefficient (Wildman–Crippen LogP) is 2.30. The van der Waals surface area contributed by atoms with E-state index in [1.54, 1.807) is 0 Å². The van der Waals surface area contributed by atoms with Gasteiger partial charge in [0.1, 0.15) is 0 Å². The van der Waals surface area contributed by atoms with Crippen molar-refractivity contribution in [1.29, 1.82) is 0 Å². The summed E-state index contributed by atoms with van der Waals surface area (Å²) in [5.41, 5.74) is 5.58. The van der Waals surface area contributed by atoms with Gasteiger partial charge in [-0.25, -0.2) is 0 Å². The Morgan fingerprint density at radius 2 is 1.74 bits per heavy atom. The second kappa shape index (κ2) is 5.08. The van der Waals surface area contributed by atoms with Gasteiger partial charge >= 0.3 is 0 Å². The van der Waals surface area contributed by atoms with Gasteiger partial charge in [0.15, 0.2) is 0 Å². The number of rotatable bonds is 5. The minimum atomic E-state index is 0.0111. The molecule has 3 heteroatoms. The molecule has 4 rings (SSSR count). The maximum atomic E-state index is 12.7. The van der Waals surface area contributed by atoms with Gasteiger partial charge in [0, 0.05) is 12.0 Å². The molecule has 0 aliphatic heterocycles. The van der Waals surface area contributed by atoms with Crippen LogP contribution in [0, 0.1) is 29.1 Å². The first-order valence-corrected chi connectivity index (χ1v) is 8.09. The fourth-order valence-electron chi connectivity index (χ4n) is 5.23. The largest absolute Gasteiger partial charge is 0.355 e. The predicted molar refractivity (Wildman–Crippen MR) is 76.5 cm³/mol. The van der Waals surface area contributed by atoms with Crippen LogP contribution in [0.4, 0.5) is 0 Å². The molecule has 1 unspecified atom stereocenters. The smallest absolute Gasteiger partial charge is 0.226 e. The van der Waals surface area contributed by atoms with Crippen molar-refractivity contribution >= 4 is 5.91 Å². The summed E-state index contributed by atoms with van der Waals surface area (Å²) in [6, 6.07) is 0. The van der Waals surface area contributed by atoms with E-state index in [9.17, 15) is 4.79 Å². The van der Waals surface area contributed by atoms with Crippen LogP contribution in [0.1, 0.15) is 51.9 Å². The van der Waals surface area contributed by atoms with Crippen molar-refractivity contribution in [2.24, 2.45) is 34.8 Å². The van der Waals surface area contributed by atoms with Gasteiger partial charge in [-0.15, -0.1) is 0 Å². The van der Waals surface area contributed by atoms with Gasteiger partial charge in [-0.3, -0.25) is 4.79 Å². The molecule has 4 fully saturated rings. The van der Waals surface area contributed by atoms with Crippen molar-refractivity contribution in [2.45, 2.75) is 51.9 Å². The first-order valence-electron chi connectivity index (χ1n) is 8.09. The molecule has 0 saturated heterocycles. The molecule has 4 aliphatic rings. The first kappa shape index (κ1) is 13.4. The molecule has 0 spiro atoms. The molecule has 4 aliphatic carbocycles. The van der Waals surface area contributed by atoms with E-state index >= 15 is 0 Å². The molecular formula is C16H28N2O. The highest BCUT2D eigenvalue weighted by molar-refractivity contribution is 5.83. The fourth-order valence-corrected chi connectivity index (χ4v) is 5.23. The van der Waals surface area contributed by atoms with E-state index in [0.717, 1.165) is 50.0 Å². The summed E-state index contributed by atoms with van der Waals surface area (Å²) in [5.74, 6) is 3.40. The highest BCUT2D eigenvalue weighted by Gasteiger charge is 2.54. The zero-order valence-corrected chi connectivity index (χ0v) is 12.2. The third-order valence-electron chi connectivity index (χ3n) is 5.79. The third kappa shape index (κ3) is 2.54. The monoisotopic (exact) mass is 264 g/mol. The minimum Gasteiger partial charge on any atom is -0.355 e. The van der Waals surface area contributed by atoms with Gasteiger partial charge in [-0.2, -0.15) is 0 Å². The van der Waals surface area contributed by atoms with Crippen LogP contribution < -0.4 is 11.1 Å². The maximum Gasteiger partial charge on any atom is 0.226 e. The summed E-state index contributed by atoms with van der Waals surface area (Å²) in [5, 5.41) is 3.23. The molecule has 108 valence electrons. The van der Waals surface area contributed by atoms with Gasteiger partial charge in [-0.1, -0.05) is 6.92 Å². The van der Waals surface area contributed by atoms with Gasteiger partial charge in [0.25, 0.3) is 0 Å². The van der Waals surface area contributed by atoms with Crippen molar-refractivity contribution in [3.63, 3.8) is 0 Å². The minimum absolute atomic E-state index is 0.0111. The zero-order chi connectivity index (χ0) is 13.5. The van der Waals surface area contributed by atoms with Gasteiger partial charge in [-0.05, 0) is 75.2 Å². The SMILES string of the molecule is CC(CCN)CNC(=O)C12CC3CC(CC(C3)C1)C2. The molecule has 0 radical (unpaired) electrons. The lowest BCUT2D eigenvalue weighted by molar-refractivity contribution is -0.146. The van der Waals surface area contributed by atoms with Crippen LogP contribution in [-0.2, 0) is 4.79 Å². The maximum absolute atomic E-state index is 12.7. The van der Waals surface area contributed by atoms with Crippen molar-refractivity contribution in [1.82, 2.24) is 5.32 Å². The molecule has 0 aromatic carbocycles. The molecule has 0 aromatic rings. The second-order valence-corrected chi connectivity index (χ2v) is 7.59. The summed E-state index contributed by atoms with van der Waals surface area (Å²) in [6.07, 6.45) is 8.69. The van der Waals surface area contributed by atoms with Gasteiger partial charge in [0.05, 0.1) is 0 Å². The number of nitrogens with two attached hydrogens (primary N) is 1. The summed E-state index contributed by atoms with van der Waals surface area (Å²) in [4.78, 5) is 12.7. The van der Waals surface area contributed by atoms with Gasteiger partial charge < -0.3 is 11.1 Å². The molecular weight excluding hydrogens is 236 g/mol. The lowest BCUT2D eigenvalue weighted by Crippen LogP contribution is -2.54. The Kier molecular flexibility index (Phi) is 3.59. The van der Waals surface area contributed by atoms with Crippen LogP contribution >= 0.6 is 0 Å². The number of hydrogen-bond donors (Lipinski definition) is 2. The van der Waals surface area contributed by atoms with E-state index in [4.69, 9.17) is 5.73 Å². The Balaban J connectivity index is 1.60. The molecule has 4 bridgehead atoms. The molecule has 0 heterocycles. The molecule has 3 nitrogen and oxygen atoms in total. The van der Waals surface area contributed by atoms with Crippen LogP contribution in [0.3, 0.4) is 0 Å². The van der Waals surface area contributed by atoms with Crippen LogP contribution in [-0.4, -0.2) is 19.0 Å². The van der Waals surface area contributed by atoms with E-state index < -0.39 is 0 Å². The fraction of sp³-hybridized carbons (Fsp3) is 0.938. The van der Waals surface area contributed by atoms with Crippen molar-refractivity contribution < 1.29 is 4.79 Å². The van der Waals surface area contributed by atoms with E-state index in [2.05, 4.69) is 12.2 Å². The Morgan fingerprint density at radius 3 is 2.21 bits per heavy atom. The van der Waals surface area contributed by atoms with Crippen LogP contribution in [0.25, 0.3) is 0 Å². The lowest BCUT2D eigenvalue weighted by atomic mass is 9.49. The number of nitrogens with one attached hydrogen (secondary N) is 1. The number of hydrogen-bond acceptors (Lipinski definition) is 2. The summed E-state index contributed by atoms with van der Waals surface area (Å²) < 4.78 is 0. The Labute approximate surface area is 116 Å². The molecule has 3 N–H and O–H groups in total. The Morgan fingerprint density at radius 1 is 1.21 bits per heavy atom. The normalized spacial score (nSPS) is 41.3. The molecule has 4 saturated carbocycles. The molecule has 19 heavy (non-hydrogen) atoms. The second-order valence-electron chi connectivity index (χ2n) is 7.59. The molecule has 1 atom stereocenters. The Bertz CT molecular complexity index is 317. The molecule has 1 amide bonds. The lowest BCUT2D eigenvalue weighted by Gasteiger charge is -2.55. The Hall–Kier alpha value is -0.570. The van der Waals surface area contributed by atoms with Crippen LogP contribution in [0.15, 0.2) is 0 Å². The number of amides is 1. The van der Waals surface area contributed by atoms with Gasteiger partial charge in [0.2, 0.25) is 5.91 Å². The topological polar surface area (TPSA) is 55.1 Å². The highest BCUT2D eigenvalue weighted by atomic mass is 16.2. The number of carbonyl (C=O) groups excluding carboxylic acids is 1. The number of carbonyl (C=O) groups is 1. The van der Waals surface area contributed by atoms with E-state index in [0.29, 0.717) is 18.4 Å². The van der Waals surface area contributed by atoms with Crippen molar-refractivity contribution in [2.75, 3.05) is 13.1 Å². The van der Waals surface area contributed by atoms with Crippen LogP contribution in [0.5, 0.6) is 0 Å². The molecule has 0 aromatic heterocycles. The standard InChI is InChI=1S/C16H28N2O/c1-11(2-3-17)10-18-15(19)16-7-12-4-13(8-16)6-14(5-12)9-16/h11-14H,2-10,17H2,1H3,(H,18,19). The van der Waals surface area contributed by atoms with Crippen LogP contribution in [0.2, 0.25) is 0 Å². The summed E-state index contributed by atoms with van der Waals surface area (Å²) in [7, 11) is 0. The van der Waals surface area contributed by atoms with Crippen molar-refractivity contribution in [3.8, 4) is 0 Å². The third-order valence-corrected chi connectivity index (χ3v) is 5.79. The average Bonchev–Trinajstić information content (AvgIpc) is 2.34. The highest BCUT2D eigenvalue weighted by Crippen LogP contribution is 2.60. The van der Waals surface area contributed by atoms with E-state index in [1.165, 1.54) is 19.3 Å². The van der Waals surface area contributed by atoms with E-state index in [1.807, 2.05) is 0 Å². The average molecular weight is 264 g/mol. The summed E-state index contributed by atoms with van der Waals surface area (Å²) >= 11 is 0. The summed E-state index contributed by atoms with van der Waals surface area (Å²) in [6.45, 7) is 3.69. The zero-order valence-electron chi connectivity index (χ0n) is 12.2. The quantitative estimate of drug-likeness (QED) is 0.800. The van der Waals surface area contributed by atoms with E-state index in [-0.39, 0.29) is 5.41 Å². The van der Waals surface area contributed by atoms with Crippen molar-refractivity contribution in [3.05, 3.63) is 0 Å².